The van der Waals surface area contributed by atoms with Crippen molar-refractivity contribution in [3.8, 4) is 34.1 Å². The SMILES string of the molecule is COc1cccc(Cn2cc(-c3ncn4c3Cc3cn(CC5CCCO5)nc3-c3cc(Cl)ccc3-4)cn2)n1. The maximum absolute atomic E-state index is 6.45. The number of benzene rings is 1. The zero-order chi connectivity index (χ0) is 25.6. The molecular formula is C28H26ClN7O2. The van der Waals surface area contributed by atoms with Gasteiger partial charge in [0.25, 0.3) is 0 Å². The molecule has 0 radical (unpaired) electrons. The number of rotatable bonds is 6. The first-order valence-electron chi connectivity index (χ1n) is 12.7. The van der Waals surface area contributed by atoms with Crippen molar-refractivity contribution in [3.05, 3.63) is 83.3 Å². The van der Waals surface area contributed by atoms with Crippen molar-refractivity contribution in [3.63, 3.8) is 0 Å². The van der Waals surface area contributed by atoms with E-state index in [9.17, 15) is 0 Å². The molecule has 1 atom stereocenters. The van der Waals surface area contributed by atoms with E-state index in [2.05, 4.69) is 20.8 Å². The van der Waals surface area contributed by atoms with E-state index in [1.807, 2.05) is 64.5 Å². The van der Waals surface area contributed by atoms with Crippen molar-refractivity contribution in [1.82, 2.24) is 34.1 Å². The van der Waals surface area contributed by atoms with Gasteiger partial charge in [-0.3, -0.25) is 9.36 Å². The van der Waals surface area contributed by atoms with Crippen molar-refractivity contribution < 1.29 is 9.47 Å². The van der Waals surface area contributed by atoms with Crippen LogP contribution in [-0.2, 0) is 24.2 Å². The minimum absolute atomic E-state index is 0.211. The number of halogens is 1. The van der Waals surface area contributed by atoms with Gasteiger partial charge in [0, 0.05) is 53.2 Å². The normalized spacial score (nSPS) is 16.1. The van der Waals surface area contributed by atoms with E-state index < -0.39 is 0 Å². The molecule has 192 valence electrons. The van der Waals surface area contributed by atoms with Gasteiger partial charge in [0.1, 0.15) is 6.33 Å². The minimum atomic E-state index is 0.211. The second-order valence-electron chi connectivity index (χ2n) is 9.71. The average Bonchev–Trinajstić information content (AvgIpc) is 3.72. The summed E-state index contributed by atoms with van der Waals surface area (Å²) in [7, 11) is 1.62. The Hall–Kier alpha value is -3.95. The zero-order valence-corrected chi connectivity index (χ0v) is 21.7. The molecule has 1 aromatic carbocycles. The van der Waals surface area contributed by atoms with Crippen molar-refractivity contribution >= 4 is 11.6 Å². The first-order chi connectivity index (χ1) is 18.6. The van der Waals surface area contributed by atoms with E-state index in [0.717, 1.165) is 71.1 Å². The van der Waals surface area contributed by atoms with Crippen LogP contribution in [-0.4, -0.2) is 53.9 Å². The molecule has 0 saturated carbocycles. The maximum Gasteiger partial charge on any atom is 0.213 e. The van der Waals surface area contributed by atoms with Gasteiger partial charge in [0.2, 0.25) is 5.88 Å². The van der Waals surface area contributed by atoms with Crippen LogP contribution < -0.4 is 4.74 Å². The minimum Gasteiger partial charge on any atom is -0.481 e. The van der Waals surface area contributed by atoms with Gasteiger partial charge < -0.3 is 14.0 Å². The molecule has 9 nitrogen and oxygen atoms in total. The number of nitrogens with zero attached hydrogens (tertiary/aromatic N) is 7. The van der Waals surface area contributed by atoms with Crippen LogP contribution in [0.4, 0.5) is 0 Å². The van der Waals surface area contributed by atoms with Gasteiger partial charge in [-0.1, -0.05) is 17.7 Å². The molecule has 38 heavy (non-hydrogen) atoms. The molecule has 2 aliphatic heterocycles. The number of imidazole rings is 1. The van der Waals surface area contributed by atoms with E-state index in [1.54, 1.807) is 7.11 Å². The Bertz CT molecular complexity index is 1630. The lowest BCUT2D eigenvalue weighted by Gasteiger charge is -2.11. The van der Waals surface area contributed by atoms with Crippen LogP contribution in [0.3, 0.4) is 0 Å². The second kappa shape index (κ2) is 9.41. The van der Waals surface area contributed by atoms with Crippen LogP contribution in [0, 0.1) is 0 Å². The lowest BCUT2D eigenvalue weighted by molar-refractivity contribution is 0.0940. The molecule has 1 fully saturated rings. The largest absolute Gasteiger partial charge is 0.481 e. The standard InChI is InChI=1S/C28H26ClN7O2/c1-37-26-6-2-4-21(32-26)15-34-14-19(12-31-34)28-25-10-18-13-35(16-22-5-3-9-38-22)33-27(18)23-11-20(29)7-8-24(23)36(25)17-30-28/h2,4,6-8,11-14,17,22H,3,5,9-10,15-16H2,1H3. The first-order valence-corrected chi connectivity index (χ1v) is 13.1. The van der Waals surface area contributed by atoms with Crippen LogP contribution in [0.2, 0.25) is 5.02 Å². The van der Waals surface area contributed by atoms with Gasteiger partial charge in [0.05, 0.1) is 61.0 Å². The summed E-state index contributed by atoms with van der Waals surface area (Å²) in [6, 6.07) is 11.7. The smallest absolute Gasteiger partial charge is 0.213 e. The highest BCUT2D eigenvalue weighted by atomic mass is 35.5. The van der Waals surface area contributed by atoms with Gasteiger partial charge >= 0.3 is 0 Å². The highest BCUT2D eigenvalue weighted by Crippen LogP contribution is 2.38. The summed E-state index contributed by atoms with van der Waals surface area (Å²) in [5.74, 6) is 0.587. The summed E-state index contributed by atoms with van der Waals surface area (Å²) in [5, 5.41) is 10.3. The molecule has 7 rings (SSSR count). The van der Waals surface area contributed by atoms with Gasteiger partial charge in [-0.15, -0.1) is 0 Å². The third-order valence-corrected chi connectivity index (χ3v) is 7.41. The maximum atomic E-state index is 6.45. The van der Waals surface area contributed by atoms with E-state index in [-0.39, 0.29) is 6.10 Å². The molecule has 0 aliphatic carbocycles. The zero-order valence-electron chi connectivity index (χ0n) is 20.9. The number of hydrogen-bond donors (Lipinski definition) is 0. The Labute approximate surface area is 224 Å². The van der Waals surface area contributed by atoms with Crippen LogP contribution in [0.15, 0.2) is 61.3 Å². The summed E-state index contributed by atoms with van der Waals surface area (Å²) in [6.45, 7) is 2.11. The molecular weight excluding hydrogens is 502 g/mol. The average molecular weight is 528 g/mol. The summed E-state index contributed by atoms with van der Waals surface area (Å²) < 4.78 is 17.2. The lowest BCUT2D eigenvalue weighted by Crippen LogP contribution is -2.15. The topological polar surface area (TPSA) is 84.8 Å². The third kappa shape index (κ3) is 4.17. The lowest BCUT2D eigenvalue weighted by atomic mass is 10.0. The number of fused-ring (bicyclic) bond motifs is 5. The Morgan fingerprint density at radius 2 is 2.08 bits per heavy atom. The predicted octanol–water partition coefficient (Wildman–Crippen LogP) is 4.79. The predicted molar refractivity (Wildman–Crippen MR) is 143 cm³/mol. The molecule has 10 heteroatoms. The Morgan fingerprint density at radius 3 is 2.95 bits per heavy atom. The fourth-order valence-electron chi connectivity index (χ4n) is 5.39. The van der Waals surface area contributed by atoms with Crippen molar-refractivity contribution in [2.45, 2.75) is 38.5 Å². The number of methoxy groups -OCH3 is 1. The fourth-order valence-corrected chi connectivity index (χ4v) is 5.56. The van der Waals surface area contributed by atoms with E-state index >= 15 is 0 Å². The molecule has 1 unspecified atom stereocenters. The number of ether oxygens (including phenoxy) is 2. The Balaban J connectivity index is 1.26. The van der Waals surface area contributed by atoms with Crippen molar-refractivity contribution in [1.29, 1.82) is 0 Å². The summed E-state index contributed by atoms with van der Waals surface area (Å²) in [6.07, 6.45) is 11.0. The molecule has 5 aromatic rings. The highest BCUT2D eigenvalue weighted by molar-refractivity contribution is 6.31. The Kier molecular flexibility index (Phi) is 5.74. The molecule has 0 N–H and O–H groups in total. The van der Waals surface area contributed by atoms with Crippen LogP contribution in [0.1, 0.15) is 29.8 Å². The van der Waals surface area contributed by atoms with Crippen LogP contribution >= 0.6 is 11.6 Å². The highest BCUT2D eigenvalue weighted by Gasteiger charge is 2.27. The molecule has 0 amide bonds. The first kappa shape index (κ1) is 23.2. The van der Waals surface area contributed by atoms with Crippen LogP contribution in [0.25, 0.3) is 28.2 Å². The van der Waals surface area contributed by atoms with E-state index in [4.69, 9.17) is 31.2 Å². The summed E-state index contributed by atoms with van der Waals surface area (Å²) in [4.78, 5) is 9.34. The fraction of sp³-hybridized carbons (Fsp3) is 0.286. The third-order valence-electron chi connectivity index (χ3n) is 7.17. The molecule has 1 saturated heterocycles. The second-order valence-corrected chi connectivity index (χ2v) is 10.1. The summed E-state index contributed by atoms with van der Waals surface area (Å²) in [5.41, 5.74) is 7.91. The molecule has 0 spiro atoms. The Morgan fingerprint density at radius 1 is 1.13 bits per heavy atom. The van der Waals surface area contributed by atoms with Crippen molar-refractivity contribution in [2.75, 3.05) is 13.7 Å². The van der Waals surface area contributed by atoms with E-state index in [0.29, 0.717) is 23.9 Å². The van der Waals surface area contributed by atoms with Crippen LogP contribution in [0.5, 0.6) is 5.88 Å². The quantitative estimate of drug-likeness (QED) is 0.310. The van der Waals surface area contributed by atoms with E-state index in [1.165, 1.54) is 0 Å². The van der Waals surface area contributed by atoms with Gasteiger partial charge in [-0.05, 0) is 37.1 Å². The van der Waals surface area contributed by atoms with Crippen molar-refractivity contribution in [2.24, 2.45) is 0 Å². The summed E-state index contributed by atoms with van der Waals surface area (Å²) >= 11 is 6.45. The molecule has 6 heterocycles. The molecule has 0 bridgehead atoms. The number of aromatic nitrogens is 7. The number of pyridine rings is 1. The van der Waals surface area contributed by atoms with Gasteiger partial charge in [-0.25, -0.2) is 9.97 Å². The number of hydrogen-bond acceptors (Lipinski definition) is 6. The van der Waals surface area contributed by atoms with Gasteiger partial charge in [0.15, 0.2) is 0 Å². The molecule has 2 aliphatic rings. The monoisotopic (exact) mass is 527 g/mol. The van der Waals surface area contributed by atoms with Gasteiger partial charge in [-0.2, -0.15) is 10.2 Å². The molecule has 4 aromatic heterocycles.